The molecule has 0 bridgehead atoms. The third-order valence-corrected chi connectivity index (χ3v) is 5.77. The standard InChI is InChI=1S/C25H30F2N2/c1-3-5-7-20-16-28-25(29-17-20)21-14-23(26)22(24(27)15-21)13-12-19-10-8-18(6-4-2)9-11-19/h14-19H,3-11H2,1-2H3. The molecule has 154 valence electrons. The second kappa shape index (κ2) is 10.5. The van der Waals surface area contributed by atoms with E-state index in [1.54, 1.807) is 12.4 Å². The first-order valence-corrected chi connectivity index (χ1v) is 10.9. The smallest absolute Gasteiger partial charge is 0.159 e. The summed E-state index contributed by atoms with van der Waals surface area (Å²) < 4.78 is 29.1. The molecule has 1 aromatic carbocycles. The van der Waals surface area contributed by atoms with E-state index in [2.05, 4.69) is 35.7 Å². The van der Waals surface area contributed by atoms with Crippen LogP contribution in [0.15, 0.2) is 24.5 Å². The maximum Gasteiger partial charge on any atom is 0.159 e. The van der Waals surface area contributed by atoms with Crippen LogP contribution in [-0.2, 0) is 6.42 Å². The van der Waals surface area contributed by atoms with Gasteiger partial charge >= 0.3 is 0 Å². The van der Waals surface area contributed by atoms with Crippen LogP contribution < -0.4 is 0 Å². The summed E-state index contributed by atoms with van der Waals surface area (Å²) in [6, 6.07) is 2.57. The van der Waals surface area contributed by atoms with Gasteiger partial charge in [-0.15, -0.1) is 0 Å². The van der Waals surface area contributed by atoms with Gasteiger partial charge in [0.15, 0.2) is 5.82 Å². The SMILES string of the molecule is CCCCc1cnc(-c2cc(F)c(C#CC3CCC(CCC)CC3)c(F)c2)nc1. The minimum Gasteiger partial charge on any atom is -0.236 e. The van der Waals surface area contributed by atoms with E-state index in [-0.39, 0.29) is 11.5 Å². The Kier molecular flexibility index (Phi) is 7.75. The lowest BCUT2D eigenvalue weighted by Crippen LogP contribution is -2.13. The molecule has 1 fully saturated rings. The highest BCUT2D eigenvalue weighted by Gasteiger charge is 2.19. The monoisotopic (exact) mass is 396 g/mol. The molecule has 3 rings (SSSR count). The minimum absolute atomic E-state index is 0.149. The third-order valence-electron chi connectivity index (χ3n) is 5.77. The first kappa shape index (κ1) is 21.4. The zero-order valence-electron chi connectivity index (χ0n) is 17.5. The normalized spacial score (nSPS) is 18.9. The zero-order chi connectivity index (χ0) is 20.6. The second-order valence-corrected chi connectivity index (χ2v) is 8.11. The quantitative estimate of drug-likeness (QED) is 0.506. The molecule has 0 atom stereocenters. The molecule has 2 nitrogen and oxygen atoms in total. The minimum atomic E-state index is -0.647. The van der Waals surface area contributed by atoms with Gasteiger partial charge in [0.1, 0.15) is 11.6 Å². The molecule has 0 spiro atoms. The van der Waals surface area contributed by atoms with Crippen molar-refractivity contribution in [2.75, 3.05) is 0 Å². The van der Waals surface area contributed by atoms with Crippen LogP contribution in [0.5, 0.6) is 0 Å². The summed E-state index contributed by atoms with van der Waals surface area (Å²) in [6.45, 7) is 4.34. The van der Waals surface area contributed by atoms with Crippen LogP contribution in [0.25, 0.3) is 11.4 Å². The average Bonchev–Trinajstić information content (AvgIpc) is 2.73. The van der Waals surface area contributed by atoms with Crippen molar-refractivity contribution in [2.45, 2.75) is 71.6 Å². The van der Waals surface area contributed by atoms with Gasteiger partial charge in [-0.3, -0.25) is 0 Å². The molecule has 1 heterocycles. The Bertz CT molecular complexity index is 834. The van der Waals surface area contributed by atoms with E-state index < -0.39 is 11.6 Å². The van der Waals surface area contributed by atoms with Gasteiger partial charge in [-0.2, -0.15) is 0 Å². The van der Waals surface area contributed by atoms with E-state index in [0.29, 0.717) is 11.4 Å². The summed E-state index contributed by atoms with van der Waals surface area (Å²) in [4.78, 5) is 8.55. The van der Waals surface area contributed by atoms with Crippen molar-refractivity contribution in [1.82, 2.24) is 9.97 Å². The second-order valence-electron chi connectivity index (χ2n) is 8.11. The van der Waals surface area contributed by atoms with Crippen LogP contribution in [0, 0.1) is 35.3 Å². The Balaban J connectivity index is 1.70. The van der Waals surface area contributed by atoms with Crippen molar-refractivity contribution >= 4 is 0 Å². The molecule has 0 amide bonds. The lowest BCUT2D eigenvalue weighted by Gasteiger charge is -2.25. The Morgan fingerprint density at radius 1 is 0.966 bits per heavy atom. The molecule has 0 radical (unpaired) electrons. The van der Waals surface area contributed by atoms with Gasteiger partial charge in [-0.25, -0.2) is 18.7 Å². The van der Waals surface area contributed by atoms with E-state index >= 15 is 0 Å². The molecule has 29 heavy (non-hydrogen) atoms. The first-order valence-electron chi connectivity index (χ1n) is 10.9. The number of unbranched alkanes of at least 4 members (excludes halogenated alkanes) is 1. The highest BCUT2D eigenvalue weighted by atomic mass is 19.1. The number of halogens is 2. The van der Waals surface area contributed by atoms with Crippen LogP contribution in [-0.4, -0.2) is 9.97 Å². The molecular formula is C25H30F2N2. The van der Waals surface area contributed by atoms with E-state index in [1.165, 1.54) is 37.8 Å². The molecule has 0 saturated heterocycles. The molecule has 2 aromatic rings. The largest absolute Gasteiger partial charge is 0.236 e. The van der Waals surface area contributed by atoms with Crippen LogP contribution in [0.4, 0.5) is 8.78 Å². The molecule has 1 aliphatic carbocycles. The summed E-state index contributed by atoms with van der Waals surface area (Å²) in [7, 11) is 0. The third kappa shape index (κ3) is 5.85. The van der Waals surface area contributed by atoms with Crippen molar-refractivity contribution in [1.29, 1.82) is 0 Å². The molecular weight excluding hydrogens is 366 g/mol. The maximum absolute atomic E-state index is 14.6. The van der Waals surface area contributed by atoms with Crippen LogP contribution >= 0.6 is 0 Å². The van der Waals surface area contributed by atoms with E-state index in [9.17, 15) is 8.78 Å². The summed E-state index contributed by atoms with van der Waals surface area (Å²) in [6.07, 6.45) is 13.4. The number of hydrogen-bond donors (Lipinski definition) is 0. The fourth-order valence-electron chi connectivity index (χ4n) is 4.01. The number of rotatable bonds is 6. The van der Waals surface area contributed by atoms with Crippen LogP contribution in [0.1, 0.15) is 76.3 Å². The Morgan fingerprint density at radius 3 is 2.21 bits per heavy atom. The predicted molar refractivity (Wildman–Crippen MR) is 113 cm³/mol. The maximum atomic E-state index is 14.6. The topological polar surface area (TPSA) is 25.8 Å². The Morgan fingerprint density at radius 2 is 1.62 bits per heavy atom. The number of aryl methyl sites for hydroxylation is 1. The molecule has 4 heteroatoms. The van der Waals surface area contributed by atoms with Gasteiger partial charge in [-0.05, 0) is 62.1 Å². The summed E-state index contributed by atoms with van der Waals surface area (Å²) in [5.74, 6) is 5.94. The molecule has 0 unspecified atom stereocenters. The van der Waals surface area contributed by atoms with Gasteiger partial charge < -0.3 is 0 Å². The number of hydrogen-bond acceptors (Lipinski definition) is 2. The van der Waals surface area contributed by atoms with Crippen molar-refractivity contribution < 1.29 is 8.78 Å². The van der Waals surface area contributed by atoms with Crippen LogP contribution in [0.2, 0.25) is 0 Å². The van der Waals surface area contributed by atoms with E-state index in [0.717, 1.165) is 43.6 Å². The van der Waals surface area contributed by atoms with E-state index in [4.69, 9.17) is 0 Å². The van der Waals surface area contributed by atoms with Gasteiger partial charge in [0.2, 0.25) is 0 Å². The lowest BCUT2D eigenvalue weighted by molar-refractivity contribution is 0.300. The Labute approximate surface area is 173 Å². The van der Waals surface area contributed by atoms with Gasteiger partial charge in [0.05, 0.1) is 5.56 Å². The molecule has 0 aliphatic heterocycles. The zero-order valence-corrected chi connectivity index (χ0v) is 17.5. The Hall–Kier alpha value is -2.28. The highest BCUT2D eigenvalue weighted by Crippen LogP contribution is 2.31. The molecule has 0 N–H and O–H groups in total. The van der Waals surface area contributed by atoms with Gasteiger partial charge in [0, 0.05) is 23.9 Å². The van der Waals surface area contributed by atoms with Crippen LogP contribution in [0.3, 0.4) is 0 Å². The van der Waals surface area contributed by atoms with Gasteiger partial charge in [0.25, 0.3) is 0 Å². The van der Waals surface area contributed by atoms with Crippen molar-refractivity contribution in [3.63, 3.8) is 0 Å². The number of nitrogens with zero attached hydrogens (tertiary/aromatic N) is 2. The molecule has 1 aliphatic rings. The summed E-state index contributed by atoms with van der Waals surface area (Å²) in [5, 5.41) is 0. The average molecular weight is 397 g/mol. The first-order chi connectivity index (χ1) is 14.1. The molecule has 1 saturated carbocycles. The van der Waals surface area contributed by atoms with E-state index in [1.807, 2.05) is 0 Å². The van der Waals surface area contributed by atoms with Gasteiger partial charge in [-0.1, -0.05) is 45.0 Å². The highest BCUT2D eigenvalue weighted by molar-refractivity contribution is 5.57. The van der Waals surface area contributed by atoms with Crippen molar-refractivity contribution in [3.8, 4) is 23.2 Å². The lowest BCUT2D eigenvalue weighted by atomic mass is 9.80. The fraction of sp³-hybridized carbons (Fsp3) is 0.520. The number of benzene rings is 1. The van der Waals surface area contributed by atoms with Crippen molar-refractivity contribution in [3.05, 3.63) is 47.3 Å². The summed E-state index contributed by atoms with van der Waals surface area (Å²) >= 11 is 0. The number of aromatic nitrogens is 2. The predicted octanol–water partition coefficient (Wildman–Crippen LogP) is 6.72. The fourth-order valence-corrected chi connectivity index (χ4v) is 4.01. The molecule has 1 aromatic heterocycles. The summed E-state index contributed by atoms with van der Waals surface area (Å²) in [5.41, 5.74) is 1.23. The van der Waals surface area contributed by atoms with Crippen molar-refractivity contribution in [2.24, 2.45) is 11.8 Å².